The number of alkyl halides is 3. The lowest BCUT2D eigenvalue weighted by Gasteiger charge is -2.12. The molecule has 2 N–H and O–H groups in total. The summed E-state index contributed by atoms with van der Waals surface area (Å²) in [7, 11) is 0. The Morgan fingerprint density at radius 1 is 1.40 bits per heavy atom. The summed E-state index contributed by atoms with van der Waals surface area (Å²) in [5.74, 6) is -1.90. The second kappa shape index (κ2) is 5.57. The van der Waals surface area contributed by atoms with Gasteiger partial charge >= 0.3 is 12.1 Å². The van der Waals surface area contributed by atoms with E-state index in [2.05, 4.69) is 5.32 Å². The highest BCUT2D eigenvalue weighted by Gasteiger charge is 2.28. The molecular weight excluding hydrogens is 215 g/mol. The maximum Gasteiger partial charge on any atom is 0.389 e. The van der Waals surface area contributed by atoms with E-state index in [0.29, 0.717) is 0 Å². The van der Waals surface area contributed by atoms with E-state index in [1.165, 1.54) is 6.92 Å². The number of carboxylic acid groups (broad SMARTS) is 1. The summed E-state index contributed by atoms with van der Waals surface area (Å²) in [5.41, 5.74) is 0. The van der Waals surface area contributed by atoms with Crippen LogP contribution in [-0.4, -0.2) is 29.2 Å². The zero-order valence-electron chi connectivity index (χ0n) is 8.10. The standard InChI is InChI=1S/C8H12F3NO3/c1-5(4-7(14)15)12-6(13)2-3-8(9,10)11/h5H,2-4H2,1H3,(H,12,13)(H,14,15). The number of hydrogen-bond donors (Lipinski definition) is 2. The molecule has 0 radical (unpaired) electrons. The summed E-state index contributed by atoms with van der Waals surface area (Å²) in [5, 5.41) is 10.5. The number of carboxylic acids is 1. The Bertz CT molecular complexity index is 240. The Morgan fingerprint density at radius 3 is 2.33 bits per heavy atom. The van der Waals surface area contributed by atoms with Crippen molar-refractivity contribution in [3.63, 3.8) is 0 Å². The summed E-state index contributed by atoms with van der Waals surface area (Å²) >= 11 is 0. The Morgan fingerprint density at radius 2 is 1.93 bits per heavy atom. The molecule has 15 heavy (non-hydrogen) atoms. The molecule has 0 aliphatic heterocycles. The SMILES string of the molecule is CC(CC(=O)O)NC(=O)CCC(F)(F)F. The fourth-order valence-electron chi connectivity index (χ4n) is 0.915. The van der Waals surface area contributed by atoms with Crippen LogP contribution in [0.2, 0.25) is 0 Å². The first kappa shape index (κ1) is 13.7. The minimum Gasteiger partial charge on any atom is -0.481 e. The molecular formula is C8H12F3NO3. The molecule has 0 heterocycles. The lowest BCUT2D eigenvalue weighted by atomic mass is 10.2. The van der Waals surface area contributed by atoms with Gasteiger partial charge in [0.15, 0.2) is 0 Å². The third-order valence-corrected chi connectivity index (χ3v) is 1.52. The number of amides is 1. The highest BCUT2D eigenvalue weighted by atomic mass is 19.4. The van der Waals surface area contributed by atoms with Crippen molar-refractivity contribution in [2.24, 2.45) is 0 Å². The number of halogens is 3. The van der Waals surface area contributed by atoms with Crippen molar-refractivity contribution in [1.29, 1.82) is 0 Å². The van der Waals surface area contributed by atoms with Crippen LogP contribution in [0.25, 0.3) is 0 Å². The number of aliphatic carboxylic acids is 1. The number of carbonyl (C=O) groups is 2. The van der Waals surface area contributed by atoms with Crippen molar-refractivity contribution >= 4 is 11.9 Å². The van der Waals surface area contributed by atoms with Crippen molar-refractivity contribution in [2.75, 3.05) is 0 Å². The van der Waals surface area contributed by atoms with Gasteiger partial charge in [-0.2, -0.15) is 13.2 Å². The molecule has 0 saturated carbocycles. The average Bonchev–Trinajstić information content (AvgIpc) is 1.97. The van der Waals surface area contributed by atoms with Gasteiger partial charge in [-0.25, -0.2) is 0 Å². The van der Waals surface area contributed by atoms with Crippen LogP contribution in [0.15, 0.2) is 0 Å². The summed E-state index contributed by atoms with van der Waals surface area (Å²) in [6.45, 7) is 1.42. The zero-order chi connectivity index (χ0) is 12.1. The van der Waals surface area contributed by atoms with Gasteiger partial charge in [0.1, 0.15) is 0 Å². The van der Waals surface area contributed by atoms with Crippen LogP contribution in [0, 0.1) is 0 Å². The summed E-state index contributed by atoms with van der Waals surface area (Å²) in [6.07, 6.45) is -6.54. The van der Waals surface area contributed by atoms with Crippen molar-refractivity contribution < 1.29 is 27.9 Å². The number of nitrogens with one attached hydrogen (secondary N) is 1. The second-order valence-electron chi connectivity index (χ2n) is 3.18. The van der Waals surface area contributed by atoms with Crippen molar-refractivity contribution in [3.8, 4) is 0 Å². The summed E-state index contributed by atoms with van der Waals surface area (Å²) in [6, 6.07) is -0.664. The summed E-state index contributed by atoms with van der Waals surface area (Å²) in [4.78, 5) is 21.1. The van der Waals surface area contributed by atoms with E-state index in [-0.39, 0.29) is 6.42 Å². The smallest absolute Gasteiger partial charge is 0.389 e. The topological polar surface area (TPSA) is 66.4 Å². The molecule has 0 fully saturated rings. The van der Waals surface area contributed by atoms with Gasteiger partial charge in [-0.1, -0.05) is 0 Å². The van der Waals surface area contributed by atoms with Crippen LogP contribution < -0.4 is 5.32 Å². The molecule has 7 heteroatoms. The van der Waals surface area contributed by atoms with E-state index in [1.54, 1.807) is 0 Å². The molecule has 0 rings (SSSR count). The van der Waals surface area contributed by atoms with Crippen LogP contribution in [0.4, 0.5) is 13.2 Å². The van der Waals surface area contributed by atoms with Crippen LogP contribution in [0.5, 0.6) is 0 Å². The fraction of sp³-hybridized carbons (Fsp3) is 0.750. The van der Waals surface area contributed by atoms with E-state index in [1.807, 2.05) is 0 Å². The third kappa shape index (κ3) is 9.04. The molecule has 4 nitrogen and oxygen atoms in total. The molecule has 1 amide bonds. The molecule has 0 bridgehead atoms. The minimum absolute atomic E-state index is 0.308. The number of carbonyl (C=O) groups excluding carboxylic acids is 1. The zero-order valence-corrected chi connectivity index (χ0v) is 8.10. The largest absolute Gasteiger partial charge is 0.481 e. The van der Waals surface area contributed by atoms with Crippen LogP contribution in [0.3, 0.4) is 0 Å². The molecule has 0 saturated heterocycles. The lowest BCUT2D eigenvalue weighted by molar-refractivity contribution is -0.145. The predicted octanol–water partition coefficient (Wildman–Crippen LogP) is 1.31. The van der Waals surface area contributed by atoms with Gasteiger partial charge in [0.25, 0.3) is 0 Å². The maximum absolute atomic E-state index is 11.7. The van der Waals surface area contributed by atoms with Crippen molar-refractivity contribution in [2.45, 2.75) is 38.4 Å². The van der Waals surface area contributed by atoms with Crippen LogP contribution in [0.1, 0.15) is 26.2 Å². The molecule has 88 valence electrons. The summed E-state index contributed by atoms with van der Waals surface area (Å²) < 4.78 is 35.1. The highest BCUT2D eigenvalue weighted by Crippen LogP contribution is 2.20. The molecule has 0 aliphatic carbocycles. The normalized spacial score (nSPS) is 13.3. The first-order valence-electron chi connectivity index (χ1n) is 4.28. The third-order valence-electron chi connectivity index (χ3n) is 1.52. The quantitative estimate of drug-likeness (QED) is 0.744. The monoisotopic (exact) mass is 227 g/mol. The van der Waals surface area contributed by atoms with Crippen molar-refractivity contribution in [3.05, 3.63) is 0 Å². The van der Waals surface area contributed by atoms with E-state index in [0.717, 1.165) is 0 Å². The van der Waals surface area contributed by atoms with E-state index in [9.17, 15) is 22.8 Å². The molecule has 0 aromatic heterocycles. The van der Waals surface area contributed by atoms with E-state index in [4.69, 9.17) is 5.11 Å². The van der Waals surface area contributed by atoms with Gasteiger partial charge in [-0.05, 0) is 6.92 Å². The van der Waals surface area contributed by atoms with Crippen LogP contribution in [-0.2, 0) is 9.59 Å². The predicted molar refractivity (Wildman–Crippen MR) is 45.1 cm³/mol. The average molecular weight is 227 g/mol. The molecule has 0 aromatic carbocycles. The van der Waals surface area contributed by atoms with E-state index >= 15 is 0 Å². The van der Waals surface area contributed by atoms with E-state index < -0.39 is 36.9 Å². The Balaban J connectivity index is 3.79. The Labute approximate surface area is 84.5 Å². The van der Waals surface area contributed by atoms with Gasteiger partial charge in [-0.3, -0.25) is 9.59 Å². The van der Waals surface area contributed by atoms with Crippen LogP contribution >= 0.6 is 0 Å². The first-order chi connectivity index (χ1) is 6.70. The fourth-order valence-corrected chi connectivity index (χ4v) is 0.915. The molecule has 1 unspecified atom stereocenters. The molecule has 0 aromatic rings. The minimum atomic E-state index is -4.37. The number of rotatable bonds is 5. The van der Waals surface area contributed by atoms with Gasteiger partial charge in [0.2, 0.25) is 5.91 Å². The second-order valence-corrected chi connectivity index (χ2v) is 3.18. The van der Waals surface area contributed by atoms with Gasteiger partial charge in [0.05, 0.1) is 12.8 Å². The highest BCUT2D eigenvalue weighted by molar-refractivity contribution is 5.77. The Hall–Kier alpha value is -1.27. The molecule has 0 spiro atoms. The first-order valence-corrected chi connectivity index (χ1v) is 4.28. The van der Waals surface area contributed by atoms with Gasteiger partial charge < -0.3 is 10.4 Å². The molecule has 0 aliphatic rings. The Kier molecular flexibility index (Phi) is 5.10. The van der Waals surface area contributed by atoms with Gasteiger partial charge in [0, 0.05) is 12.5 Å². The van der Waals surface area contributed by atoms with Crippen molar-refractivity contribution in [1.82, 2.24) is 5.32 Å². The maximum atomic E-state index is 11.7. The van der Waals surface area contributed by atoms with Gasteiger partial charge in [-0.15, -0.1) is 0 Å². The number of hydrogen-bond acceptors (Lipinski definition) is 2. The molecule has 1 atom stereocenters. The lowest BCUT2D eigenvalue weighted by Crippen LogP contribution is -2.34.